The van der Waals surface area contributed by atoms with Gasteiger partial charge in [0.05, 0.1) is 30.7 Å². The molecule has 1 aliphatic heterocycles. The van der Waals surface area contributed by atoms with E-state index in [0.29, 0.717) is 12.3 Å². The van der Waals surface area contributed by atoms with Crippen LogP contribution in [-0.2, 0) is 21.4 Å². The van der Waals surface area contributed by atoms with Crippen molar-refractivity contribution >= 4 is 41.5 Å². The molecule has 0 fully saturated rings. The number of benzene rings is 2. The smallest absolute Gasteiger partial charge is 0.335 e. The number of halogens is 2. The minimum absolute atomic E-state index is 0.000298. The van der Waals surface area contributed by atoms with Gasteiger partial charge in [-0.25, -0.2) is 18.5 Å². The van der Waals surface area contributed by atoms with Crippen molar-refractivity contribution < 1.29 is 32.6 Å². The molecular formula is C33H33F2N7O5. The highest BCUT2D eigenvalue weighted by molar-refractivity contribution is 6.07. The standard InChI is InChI=1S/C33H33F2N7O5/c1-4-46-14-13-41(33(45)42(21-43)27-8-5-25(34)6-9-27)19-22(2)32(44)39-26-7-10-30(28(35)16-26)47-31-15-23(17-37-29(31)11-12-36)24-18-38-40(3)20-24/h5-12,15-21,36-37H,4,13-14H2,1-3H3,(H,39,44)/b22-19+,29-11-,36-12?. The molecule has 0 unspecified atom stereocenters. The third kappa shape index (κ3) is 8.85. The summed E-state index contributed by atoms with van der Waals surface area (Å²) >= 11 is 0. The Balaban J connectivity index is 1.50. The lowest BCUT2D eigenvalue weighted by Gasteiger charge is -2.25. The molecule has 4 amide bonds. The number of allylic oxidation sites excluding steroid dienone is 3. The lowest BCUT2D eigenvalue weighted by Crippen LogP contribution is -2.42. The number of nitrogens with zero attached hydrogens (tertiary/aromatic N) is 4. The molecule has 244 valence electrons. The largest absolute Gasteiger partial charge is 0.452 e. The van der Waals surface area contributed by atoms with Crippen molar-refractivity contribution in [2.75, 3.05) is 30.0 Å². The fourth-order valence-corrected chi connectivity index (χ4v) is 4.30. The summed E-state index contributed by atoms with van der Waals surface area (Å²) in [6.07, 6.45) is 10.9. The number of imide groups is 1. The summed E-state index contributed by atoms with van der Waals surface area (Å²) in [5.74, 6) is -1.83. The van der Waals surface area contributed by atoms with Crippen LogP contribution in [0.2, 0.25) is 0 Å². The minimum Gasteiger partial charge on any atom is -0.452 e. The van der Waals surface area contributed by atoms with E-state index >= 15 is 4.39 Å². The topological polar surface area (TPSA) is 142 Å². The van der Waals surface area contributed by atoms with E-state index in [1.54, 1.807) is 43.3 Å². The van der Waals surface area contributed by atoms with Gasteiger partial charge in [-0.1, -0.05) is 0 Å². The molecule has 0 atom stereocenters. The van der Waals surface area contributed by atoms with Crippen LogP contribution in [0.3, 0.4) is 0 Å². The van der Waals surface area contributed by atoms with Crippen molar-refractivity contribution in [2.45, 2.75) is 13.8 Å². The Bertz CT molecular complexity index is 1760. The Morgan fingerprint density at radius 3 is 2.57 bits per heavy atom. The number of hydrogen-bond donors (Lipinski definition) is 3. The average Bonchev–Trinajstić information content (AvgIpc) is 3.50. The number of urea groups is 1. The highest BCUT2D eigenvalue weighted by Gasteiger charge is 2.23. The van der Waals surface area contributed by atoms with Crippen molar-refractivity contribution in [1.82, 2.24) is 20.0 Å². The second-order valence-electron chi connectivity index (χ2n) is 10.0. The summed E-state index contributed by atoms with van der Waals surface area (Å²) in [4.78, 5) is 40.1. The lowest BCUT2D eigenvalue weighted by atomic mass is 10.1. The molecule has 1 aliphatic rings. The van der Waals surface area contributed by atoms with Crippen molar-refractivity contribution in [2.24, 2.45) is 7.05 Å². The molecule has 12 nitrogen and oxygen atoms in total. The third-order valence-corrected chi connectivity index (χ3v) is 6.68. The number of carbonyl (C=O) groups is 3. The second-order valence-corrected chi connectivity index (χ2v) is 10.0. The number of carbonyl (C=O) groups excluding carboxylic acids is 3. The molecular weight excluding hydrogens is 612 g/mol. The molecule has 14 heteroatoms. The van der Waals surface area contributed by atoms with Gasteiger partial charge in [-0.3, -0.25) is 19.2 Å². The Labute approximate surface area is 269 Å². The molecule has 3 aromatic rings. The van der Waals surface area contributed by atoms with Crippen LogP contribution in [0.15, 0.2) is 96.4 Å². The summed E-state index contributed by atoms with van der Waals surface area (Å²) in [6.45, 7) is 3.71. The summed E-state index contributed by atoms with van der Waals surface area (Å²) in [7, 11) is 1.78. The Kier molecular flexibility index (Phi) is 11.5. The van der Waals surface area contributed by atoms with Crippen LogP contribution in [0.25, 0.3) is 5.57 Å². The number of dihydropyridines is 1. The molecule has 47 heavy (non-hydrogen) atoms. The van der Waals surface area contributed by atoms with Gasteiger partial charge < -0.3 is 25.5 Å². The number of aromatic nitrogens is 2. The third-order valence-electron chi connectivity index (χ3n) is 6.68. The highest BCUT2D eigenvalue weighted by atomic mass is 19.1. The van der Waals surface area contributed by atoms with Crippen molar-refractivity contribution in [1.29, 1.82) is 5.41 Å². The summed E-state index contributed by atoms with van der Waals surface area (Å²) in [6, 6.07) is 7.84. The molecule has 0 spiro atoms. The van der Waals surface area contributed by atoms with E-state index in [4.69, 9.17) is 14.9 Å². The van der Waals surface area contributed by atoms with Crippen LogP contribution in [0, 0.1) is 17.0 Å². The first kappa shape index (κ1) is 34.0. The van der Waals surface area contributed by atoms with Crippen LogP contribution >= 0.6 is 0 Å². The molecule has 3 N–H and O–H groups in total. The minimum atomic E-state index is -0.796. The zero-order valence-corrected chi connectivity index (χ0v) is 25.9. The fraction of sp³-hybridized carbons (Fsp3) is 0.182. The quantitative estimate of drug-likeness (QED) is 0.102. The lowest BCUT2D eigenvalue weighted by molar-refractivity contribution is -0.112. The number of rotatable bonds is 13. The van der Waals surface area contributed by atoms with Crippen LogP contribution < -0.4 is 20.3 Å². The first-order valence-electron chi connectivity index (χ1n) is 14.4. The van der Waals surface area contributed by atoms with E-state index in [1.807, 2.05) is 0 Å². The number of hydrogen-bond acceptors (Lipinski definition) is 8. The van der Waals surface area contributed by atoms with Gasteiger partial charge in [-0.05, 0) is 62.4 Å². The first-order valence-corrected chi connectivity index (χ1v) is 14.4. The number of ether oxygens (including phenoxy) is 2. The van der Waals surface area contributed by atoms with E-state index in [9.17, 15) is 18.8 Å². The molecule has 0 saturated heterocycles. The van der Waals surface area contributed by atoms with Crippen molar-refractivity contribution in [3.8, 4) is 5.75 Å². The maximum Gasteiger partial charge on any atom is 0.335 e. The molecule has 0 bridgehead atoms. The maximum atomic E-state index is 15.2. The molecule has 0 saturated carbocycles. The van der Waals surface area contributed by atoms with Crippen LogP contribution in [0.4, 0.5) is 25.0 Å². The Morgan fingerprint density at radius 1 is 1.17 bits per heavy atom. The average molecular weight is 646 g/mol. The van der Waals surface area contributed by atoms with Gasteiger partial charge in [0.2, 0.25) is 6.41 Å². The zero-order chi connectivity index (χ0) is 33.9. The van der Waals surface area contributed by atoms with Gasteiger partial charge in [0.15, 0.2) is 17.3 Å². The molecule has 0 radical (unpaired) electrons. The summed E-state index contributed by atoms with van der Waals surface area (Å²) in [5, 5.41) is 17.2. The van der Waals surface area contributed by atoms with Gasteiger partial charge in [0, 0.05) is 66.9 Å². The molecule has 4 rings (SSSR count). The van der Waals surface area contributed by atoms with Gasteiger partial charge >= 0.3 is 6.03 Å². The molecule has 0 aliphatic carbocycles. The normalized spacial score (nSPS) is 13.6. The van der Waals surface area contributed by atoms with Gasteiger partial charge in [0.25, 0.3) is 5.91 Å². The predicted octanol–water partition coefficient (Wildman–Crippen LogP) is 5.10. The van der Waals surface area contributed by atoms with E-state index in [1.165, 1.54) is 43.5 Å². The van der Waals surface area contributed by atoms with E-state index in [2.05, 4.69) is 15.7 Å². The predicted molar refractivity (Wildman–Crippen MR) is 172 cm³/mol. The number of nitrogens with one attached hydrogen (secondary N) is 3. The summed E-state index contributed by atoms with van der Waals surface area (Å²) < 4.78 is 41.5. The van der Waals surface area contributed by atoms with Crippen molar-refractivity contribution in [3.05, 3.63) is 114 Å². The second kappa shape index (κ2) is 15.9. The van der Waals surface area contributed by atoms with Gasteiger partial charge in [0.1, 0.15) is 5.82 Å². The summed E-state index contributed by atoms with van der Waals surface area (Å²) in [5.41, 5.74) is 2.26. The van der Waals surface area contributed by atoms with Crippen LogP contribution in [0.1, 0.15) is 19.4 Å². The van der Waals surface area contributed by atoms with Crippen LogP contribution in [-0.4, -0.2) is 59.0 Å². The van der Waals surface area contributed by atoms with Crippen LogP contribution in [0.5, 0.6) is 5.75 Å². The monoisotopic (exact) mass is 645 g/mol. The number of aryl methyl sites for hydroxylation is 1. The molecule has 1 aromatic heterocycles. The maximum absolute atomic E-state index is 15.2. The Hall–Kier alpha value is -5.89. The SMILES string of the molecule is CCOCCN(/C=C(\C)C(=O)Nc1ccc(OC2=CC(c3cnn(C)c3)=CN/C2=C\C=N)c(F)c1)C(=O)N(C=O)c1ccc(F)cc1. The van der Waals surface area contributed by atoms with Gasteiger partial charge in [-0.15, -0.1) is 0 Å². The Morgan fingerprint density at radius 2 is 1.94 bits per heavy atom. The van der Waals surface area contributed by atoms with Gasteiger partial charge in [-0.2, -0.15) is 5.10 Å². The highest BCUT2D eigenvalue weighted by Crippen LogP contribution is 2.29. The van der Waals surface area contributed by atoms with E-state index < -0.39 is 23.6 Å². The molecule has 2 aromatic carbocycles. The fourth-order valence-electron chi connectivity index (χ4n) is 4.30. The van der Waals surface area contributed by atoms with Crippen molar-refractivity contribution in [3.63, 3.8) is 0 Å². The first-order chi connectivity index (χ1) is 22.6. The van der Waals surface area contributed by atoms with E-state index in [-0.39, 0.29) is 48.0 Å². The van der Waals surface area contributed by atoms with E-state index in [0.717, 1.165) is 45.4 Å². The molecule has 2 heterocycles. The zero-order valence-electron chi connectivity index (χ0n) is 25.9. The number of amides is 4. The number of anilines is 2.